The van der Waals surface area contributed by atoms with Gasteiger partial charge in [-0.25, -0.2) is 4.79 Å². The first kappa shape index (κ1) is 23.7. The molecule has 0 aromatic heterocycles. The summed E-state index contributed by atoms with van der Waals surface area (Å²) < 4.78 is 14.7. The topological polar surface area (TPSA) is 90.9 Å². The van der Waals surface area contributed by atoms with Crippen LogP contribution in [0.3, 0.4) is 0 Å². The van der Waals surface area contributed by atoms with Gasteiger partial charge in [-0.2, -0.15) is 0 Å². The zero-order valence-electron chi connectivity index (χ0n) is 15.7. The SMILES string of the molecule is COC(=O)CC(CCCBr)CC(CC(=O)OC)NC(=O)OC(C)(C)C. The average Bonchev–Trinajstić information content (AvgIpc) is 2.50. The van der Waals surface area contributed by atoms with E-state index in [2.05, 4.69) is 21.2 Å². The maximum atomic E-state index is 12.0. The number of nitrogens with one attached hydrogen (secondary N) is 1. The zero-order valence-corrected chi connectivity index (χ0v) is 17.3. The Hall–Kier alpha value is -1.31. The van der Waals surface area contributed by atoms with Gasteiger partial charge in [0.1, 0.15) is 5.60 Å². The van der Waals surface area contributed by atoms with Crippen LogP contribution in [-0.4, -0.2) is 49.2 Å². The fraction of sp³-hybridized carbons (Fsp3) is 0.824. The predicted molar refractivity (Wildman–Crippen MR) is 97.6 cm³/mol. The van der Waals surface area contributed by atoms with E-state index in [1.54, 1.807) is 20.8 Å². The molecule has 25 heavy (non-hydrogen) atoms. The molecule has 0 saturated carbocycles. The minimum absolute atomic E-state index is 0.0156. The molecule has 0 fully saturated rings. The van der Waals surface area contributed by atoms with Gasteiger partial charge in [-0.15, -0.1) is 0 Å². The van der Waals surface area contributed by atoms with Crippen LogP contribution >= 0.6 is 15.9 Å². The molecule has 0 heterocycles. The number of methoxy groups -OCH3 is 2. The number of halogens is 1. The third-order valence-electron chi connectivity index (χ3n) is 3.41. The van der Waals surface area contributed by atoms with E-state index in [9.17, 15) is 14.4 Å². The van der Waals surface area contributed by atoms with Crippen LogP contribution in [0.4, 0.5) is 4.79 Å². The summed E-state index contributed by atoms with van der Waals surface area (Å²) >= 11 is 3.37. The number of alkyl halides is 1. The summed E-state index contributed by atoms with van der Waals surface area (Å²) in [6.45, 7) is 5.29. The van der Waals surface area contributed by atoms with Crippen LogP contribution in [-0.2, 0) is 23.8 Å². The van der Waals surface area contributed by atoms with Crippen molar-refractivity contribution in [2.24, 2.45) is 5.92 Å². The van der Waals surface area contributed by atoms with Gasteiger partial charge in [-0.1, -0.05) is 15.9 Å². The maximum Gasteiger partial charge on any atom is 0.407 e. The third-order valence-corrected chi connectivity index (χ3v) is 3.97. The number of esters is 2. The van der Waals surface area contributed by atoms with E-state index in [1.165, 1.54) is 14.2 Å². The highest BCUT2D eigenvalue weighted by Crippen LogP contribution is 2.21. The third kappa shape index (κ3) is 12.7. The molecule has 0 aliphatic rings. The Labute approximate surface area is 158 Å². The number of carbonyl (C=O) groups is 3. The second-order valence-corrected chi connectivity index (χ2v) is 7.63. The minimum Gasteiger partial charge on any atom is -0.469 e. The minimum atomic E-state index is -0.638. The molecule has 0 aliphatic heterocycles. The van der Waals surface area contributed by atoms with Crippen LogP contribution in [0.2, 0.25) is 0 Å². The lowest BCUT2D eigenvalue weighted by Crippen LogP contribution is -2.41. The molecule has 0 saturated heterocycles. The van der Waals surface area contributed by atoms with Crippen LogP contribution < -0.4 is 5.32 Å². The van der Waals surface area contributed by atoms with Crippen LogP contribution in [0.5, 0.6) is 0 Å². The highest BCUT2D eigenvalue weighted by Gasteiger charge is 2.25. The highest BCUT2D eigenvalue weighted by atomic mass is 79.9. The lowest BCUT2D eigenvalue weighted by molar-refractivity contribution is -0.141. The van der Waals surface area contributed by atoms with E-state index in [4.69, 9.17) is 14.2 Å². The van der Waals surface area contributed by atoms with Gasteiger partial charge >= 0.3 is 18.0 Å². The van der Waals surface area contributed by atoms with Gasteiger partial charge in [0.15, 0.2) is 0 Å². The van der Waals surface area contributed by atoms with Crippen molar-refractivity contribution in [1.82, 2.24) is 5.32 Å². The first-order chi connectivity index (χ1) is 11.6. The highest BCUT2D eigenvalue weighted by molar-refractivity contribution is 9.09. The van der Waals surface area contributed by atoms with Gasteiger partial charge in [-0.3, -0.25) is 9.59 Å². The molecule has 0 aromatic carbocycles. The number of rotatable bonds is 10. The van der Waals surface area contributed by atoms with E-state index < -0.39 is 23.7 Å². The van der Waals surface area contributed by atoms with Crippen molar-refractivity contribution in [3.05, 3.63) is 0 Å². The van der Waals surface area contributed by atoms with E-state index in [0.717, 1.165) is 18.2 Å². The number of hydrogen-bond acceptors (Lipinski definition) is 6. The number of alkyl carbamates (subject to hydrolysis) is 1. The first-order valence-electron chi connectivity index (χ1n) is 8.30. The van der Waals surface area contributed by atoms with Crippen LogP contribution in [0.25, 0.3) is 0 Å². The van der Waals surface area contributed by atoms with Gasteiger partial charge in [0.05, 0.1) is 20.6 Å². The largest absolute Gasteiger partial charge is 0.469 e. The van der Waals surface area contributed by atoms with Crippen molar-refractivity contribution in [3.63, 3.8) is 0 Å². The lowest BCUT2D eigenvalue weighted by Gasteiger charge is -2.25. The normalized spacial score (nSPS) is 13.5. The van der Waals surface area contributed by atoms with E-state index in [0.29, 0.717) is 6.42 Å². The Balaban J connectivity index is 4.97. The molecule has 1 amide bonds. The molecular weight excluding hydrogens is 394 g/mol. The average molecular weight is 424 g/mol. The second-order valence-electron chi connectivity index (χ2n) is 6.84. The van der Waals surface area contributed by atoms with Gasteiger partial charge in [0.2, 0.25) is 0 Å². The van der Waals surface area contributed by atoms with E-state index >= 15 is 0 Å². The molecule has 2 atom stereocenters. The fourth-order valence-corrected chi connectivity index (χ4v) is 2.67. The molecule has 0 radical (unpaired) electrons. The Morgan fingerprint density at radius 3 is 2.08 bits per heavy atom. The van der Waals surface area contributed by atoms with Crippen molar-refractivity contribution in [2.45, 2.75) is 64.5 Å². The van der Waals surface area contributed by atoms with Crippen LogP contribution in [0.15, 0.2) is 0 Å². The molecule has 1 N–H and O–H groups in total. The first-order valence-corrected chi connectivity index (χ1v) is 9.42. The Morgan fingerprint density at radius 1 is 1.04 bits per heavy atom. The van der Waals surface area contributed by atoms with Crippen LogP contribution in [0, 0.1) is 5.92 Å². The summed E-state index contributed by atoms with van der Waals surface area (Å²) in [5.74, 6) is -0.762. The molecular formula is C17H30BrNO6. The Kier molecular flexibility index (Phi) is 11.5. The van der Waals surface area contributed by atoms with Crippen molar-refractivity contribution >= 4 is 34.0 Å². The molecule has 7 nitrogen and oxygen atoms in total. The Morgan fingerprint density at radius 2 is 1.60 bits per heavy atom. The maximum absolute atomic E-state index is 12.0. The number of ether oxygens (including phenoxy) is 3. The zero-order chi connectivity index (χ0) is 19.5. The van der Waals surface area contributed by atoms with Crippen molar-refractivity contribution in [1.29, 1.82) is 0 Å². The van der Waals surface area contributed by atoms with Crippen molar-refractivity contribution in [2.75, 3.05) is 19.5 Å². The molecule has 0 aromatic rings. The summed E-state index contributed by atoms with van der Waals surface area (Å²) in [4.78, 5) is 35.3. The van der Waals surface area contributed by atoms with E-state index in [-0.39, 0.29) is 24.7 Å². The number of amides is 1. The van der Waals surface area contributed by atoms with Gasteiger partial charge in [-0.05, 0) is 46.0 Å². The standard InChI is InChI=1S/C17H30BrNO6/c1-17(2,3)25-16(22)19-13(11-15(21)24-5)9-12(7-6-8-18)10-14(20)23-4/h12-13H,6-11H2,1-5H3,(H,19,22). The monoisotopic (exact) mass is 423 g/mol. The summed E-state index contributed by atoms with van der Waals surface area (Å²) in [5.41, 5.74) is -0.638. The van der Waals surface area contributed by atoms with Crippen LogP contribution in [0.1, 0.15) is 52.9 Å². The smallest absolute Gasteiger partial charge is 0.407 e. The fourth-order valence-electron chi connectivity index (χ4n) is 2.34. The molecule has 2 unspecified atom stereocenters. The molecule has 0 rings (SSSR count). The van der Waals surface area contributed by atoms with E-state index in [1.807, 2.05) is 0 Å². The summed E-state index contributed by atoms with van der Waals surface area (Å²) in [7, 11) is 2.64. The Bertz CT molecular complexity index is 435. The molecule has 8 heteroatoms. The summed E-state index contributed by atoms with van der Waals surface area (Å²) in [5, 5.41) is 3.52. The second kappa shape index (κ2) is 12.1. The van der Waals surface area contributed by atoms with Crippen molar-refractivity contribution in [3.8, 4) is 0 Å². The van der Waals surface area contributed by atoms with Crippen molar-refractivity contribution < 1.29 is 28.6 Å². The molecule has 0 bridgehead atoms. The van der Waals surface area contributed by atoms with Gasteiger partial charge < -0.3 is 19.5 Å². The lowest BCUT2D eigenvalue weighted by atomic mass is 9.91. The predicted octanol–water partition coefficient (Wildman–Crippen LogP) is 3.19. The summed E-state index contributed by atoms with van der Waals surface area (Å²) in [6.07, 6.45) is 1.75. The number of carbonyl (C=O) groups excluding carboxylic acids is 3. The molecule has 0 aliphatic carbocycles. The molecule has 146 valence electrons. The molecule has 0 spiro atoms. The number of hydrogen-bond donors (Lipinski definition) is 1. The van der Waals surface area contributed by atoms with Gasteiger partial charge in [0.25, 0.3) is 0 Å². The summed E-state index contributed by atoms with van der Waals surface area (Å²) in [6, 6.07) is -0.479. The van der Waals surface area contributed by atoms with Gasteiger partial charge in [0, 0.05) is 17.8 Å². The quantitative estimate of drug-likeness (QED) is 0.329.